The topological polar surface area (TPSA) is 22.0 Å². The van der Waals surface area contributed by atoms with Crippen molar-refractivity contribution in [3.8, 4) is 11.3 Å². The Hall–Kier alpha value is -2.35. The summed E-state index contributed by atoms with van der Waals surface area (Å²) in [6.45, 7) is 2.05. The molecule has 0 radical (unpaired) electrons. The molecule has 0 spiro atoms. The molecule has 0 atom stereocenters. The van der Waals surface area contributed by atoms with Gasteiger partial charge in [-0.05, 0) is 30.7 Å². The minimum atomic E-state index is 0.0879. The zero-order valence-electron chi connectivity index (χ0n) is 9.97. The Morgan fingerprint density at radius 2 is 1.83 bits per heavy atom. The average molecular weight is 233 g/mol. The van der Waals surface area contributed by atoms with Gasteiger partial charge in [-0.15, -0.1) is 0 Å². The number of carbonyl (C=O) groups excluding carboxylic acids is 1. The van der Waals surface area contributed by atoms with Crippen molar-refractivity contribution in [1.82, 2.24) is 4.57 Å². The molecule has 0 N–H and O–H groups in total. The molecule has 1 aliphatic rings. The van der Waals surface area contributed by atoms with Gasteiger partial charge in [0.05, 0.1) is 11.2 Å². The molecule has 0 aliphatic carbocycles. The summed E-state index contributed by atoms with van der Waals surface area (Å²) in [5, 5.41) is 1.12. The fourth-order valence-corrected chi connectivity index (χ4v) is 2.86. The van der Waals surface area contributed by atoms with E-state index >= 15 is 0 Å². The first-order valence-electron chi connectivity index (χ1n) is 6.02. The Morgan fingerprint density at radius 3 is 2.72 bits per heavy atom. The molecule has 0 unspecified atom stereocenters. The number of rotatable bonds is 0. The first-order chi connectivity index (χ1) is 8.77. The van der Waals surface area contributed by atoms with E-state index in [1.54, 1.807) is 0 Å². The monoisotopic (exact) mass is 233 g/mol. The second-order valence-electron chi connectivity index (χ2n) is 4.73. The first kappa shape index (κ1) is 9.66. The van der Waals surface area contributed by atoms with Gasteiger partial charge >= 0.3 is 0 Å². The Morgan fingerprint density at radius 1 is 1.00 bits per heavy atom. The van der Waals surface area contributed by atoms with E-state index in [-0.39, 0.29) is 5.91 Å². The number of nitrogens with zero attached hydrogens (tertiary/aromatic N) is 1. The Bertz CT molecular complexity index is 811. The maximum atomic E-state index is 12.5. The fourth-order valence-electron chi connectivity index (χ4n) is 2.86. The third-order valence-electron chi connectivity index (χ3n) is 3.67. The van der Waals surface area contributed by atoms with Crippen molar-refractivity contribution < 1.29 is 4.79 Å². The van der Waals surface area contributed by atoms with Crippen LogP contribution in [0.1, 0.15) is 15.9 Å². The standard InChI is InChI=1S/C16H11NO/c1-10-5-4-7-12-15(10)14-9-11-6-2-3-8-13(11)17(14)16(12)18/h2-9H,1H3. The summed E-state index contributed by atoms with van der Waals surface area (Å²) in [6, 6.07) is 16.0. The predicted molar refractivity (Wildman–Crippen MR) is 71.8 cm³/mol. The average Bonchev–Trinajstić information content (AvgIpc) is 2.87. The van der Waals surface area contributed by atoms with Crippen molar-refractivity contribution in [2.45, 2.75) is 6.92 Å². The number of aromatic nitrogens is 1. The quantitative estimate of drug-likeness (QED) is 0.454. The molecule has 0 saturated heterocycles. The van der Waals surface area contributed by atoms with Crippen molar-refractivity contribution >= 4 is 16.8 Å². The van der Waals surface area contributed by atoms with Gasteiger partial charge in [0, 0.05) is 16.5 Å². The number of aryl methyl sites for hydroxylation is 1. The lowest BCUT2D eigenvalue weighted by molar-refractivity contribution is 0.0973. The Labute approximate surface area is 104 Å². The van der Waals surface area contributed by atoms with Crippen molar-refractivity contribution in [1.29, 1.82) is 0 Å². The number of benzene rings is 2. The van der Waals surface area contributed by atoms with Crippen LogP contribution in [0.2, 0.25) is 0 Å². The zero-order valence-corrected chi connectivity index (χ0v) is 9.97. The number of fused-ring (bicyclic) bond motifs is 5. The van der Waals surface area contributed by atoms with Gasteiger partial charge in [0.25, 0.3) is 5.91 Å². The van der Waals surface area contributed by atoms with Crippen LogP contribution in [0.15, 0.2) is 48.5 Å². The molecular formula is C16H11NO. The highest BCUT2D eigenvalue weighted by Gasteiger charge is 2.29. The van der Waals surface area contributed by atoms with E-state index in [2.05, 4.69) is 19.1 Å². The summed E-state index contributed by atoms with van der Waals surface area (Å²) in [7, 11) is 0. The molecule has 0 amide bonds. The van der Waals surface area contributed by atoms with Crippen molar-refractivity contribution in [3.05, 3.63) is 59.7 Å². The number of hydrogen-bond donors (Lipinski definition) is 0. The molecule has 3 aromatic rings. The second kappa shape index (κ2) is 3.10. The van der Waals surface area contributed by atoms with Crippen LogP contribution < -0.4 is 0 Å². The van der Waals surface area contributed by atoms with Gasteiger partial charge in [-0.25, -0.2) is 0 Å². The van der Waals surface area contributed by atoms with E-state index in [1.807, 2.05) is 41.0 Å². The highest BCUT2D eigenvalue weighted by Crippen LogP contribution is 2.38. The molecule has 1 aromatic heterocycles. The summed E-state index contributed by atoms with van der Waals surface area (Å²) < 4.78 is 1.83. The molecule has 2 aromatic carbocycles. The van der Waals surface area contributed by atoms with Gasteiger partial charge < -0.3 is 0 Å². The number of para-hydroxylation sites is 1. The third-order valence-corrected chi connectivity index (χ3v) is 3.67. The maximum Gasteiger partial charge on any atom is 0.263 e. The van der Waals surface area contributed by atoms with Crippen LogP contribution in [-0.2, 0) is 0 Å². The fraction of sp³-hybridized carbons (Fsp3) is 0.0625. The minimum absolute atomic E-state index is 0.0879. The molecule has 2 nitrogen and oxygen atoms in total. The van der Waals surface area contributed by atoms with Gasteiger partial charge in [-0.2, -0.15) is 0 Å². The zero-order chi connectivity index (χ0) is 12.3. The van der Waals surface area contributed by atoms with E-state index in [4.69, 9.17) is 0 Å². The van der Waals surface area contributed by atoms with Crippen LogP contribution in [0.4, 0.5) is 0 Å². The maximum absolute atomic E-state index is 12.5. The molecular weight excluding hydrogens is 222 g/mol. The van der Waals surface area contributed by atoms with E-state index in [1.165, 1.54) is 0 Å². The van der Waals surface area contributed by atoms with Crippen molar-refractivity contribution in [2.24, 2.45) is 0 Å². The lowest BCUT2D eigenvalue weighted by Gasteiger charge is -2.00. The van der Waals surface area contributed by atoms with Crippen LogP contribution in [0.5, 0.6) is 0 Å². The van der Waals surface area contributed by atoms with Crippen molar-refractivity contribution in [3.63, 3.8) is 0 Å². The first-order valence-corrected chi connectivity index (χ1v) is 6.02. The van der Waals surface area contributed by atoms with Gasteiger partial charge in [0.15, 0.2) is 0 Å². The molecule has 2 heteroatoms. The molecule has 0 bridgehead atoms. The van der Waals surface area contributed by atoms with Gasteiger partial charge in [-0.3, -0.25) is 9.36 Å². The van der Waals surface area contributed by atoms with Crippen LogP contribution in [0.3, 0.4) is 0 Å². The van der Waals surface area contributed by atoms with E-state index in [0.717, 1.165) is 33.3 Å². The summed E-state index contributed by atoms with van der Waals surface area (Å²) in [5.41, 5.74) is 5.07. The van der Waals surface area contributed by atoms with Crippen molar-refractivity contribution in [2.75, 3.05) is 0 Å². The molecule has 0 saturated carbocycles. The summed E-state index contributed by atoms with van der Waals surface area (Å²) in [6.07, 6.45) is 0. The van der Waals surface area contributed by atoms with E-state index in [0.29, 0.717) is 0 Å². The molecule has 0 fully saturated rings. The highest BCUT2D eigenvalue weighted by molar-refractivity contribution is 6.15. The molecule has 2 heterocycles. The third kappa shape index (κ3) is 1.00. The van der Waals surface area contributed by atoms with Crippen LogP contribution in [-0.4, -0.2) is 10.5 Å². The van der Waals surface area contributed by atoms with Crippen LogP contribution in [0.25, 0.3) is 22.2 Å². The summed E-state index contributed by atoms with van der Waals surface area (Å²) in [4.78, 5) is 12.5. The summed E-state index contributed by atoms with van der Waals surface area (Å²) in [5.74, 6) is 0.0879. The lowest BCUT2D eigenvalue weighted by atomic mass is 10.0. The minimum Gasteiger partial charge on any atom is -0.276 e. The Balaban J connectivity index is 2.20. The van der Waals surface area contributed by atoms with Gasteiger partial charge in [0.1, 0.15) is 0 Å². The van der Waals surface area contributed by atoms with E-state index in [9.17, 15) is 4.79 Å². The molecule has 86 valence electrons. The number of hydrogen-bond acceptors (Lipinski definition) is 1. The van der Waals surface area contributed by atoms with E-state index < -0.39 is 0 Å². The second-order valence-corrected chi connectivity index (χ2v) is 4.73. The highest BCUT2D eigenvalue weighted by atomic mass is 16.2. The van der Waals surface area contributed by atoms with Gasteiger partial charge in [-0.1, -0.05) is 30.3 Å². The predicted octanol–water partition coefficient (Wildman–Crippen LogP) is 3.62. The molecule has 18 heavy (non-hydrogen) atoms. The van der Waals surface area contributed by atoms with Crippen LogP contribution in [0, 0.1) is 6.92 Å². The summed E-state index contributed by atoms with van der Waals surface area (Å²) >= 11 is 0. The largest absolute Gasteiger partial charge is 0.276 e. The normalized spacial score (nSPS) is 12.8. The van der Waals surface area contributed by atoms with Crippen LogP contribution >= 0.6 is 0 Å². The number of carbonyl (C=O) groups is 1. The smallest absolute Gasteiger partial charge is 0.263 e. The SMILES string of the molecule is Cc1cccc2c1-c1cc3ccccc3n1C2=O. The van der Waals surface area contributed by atoms with Gasteiger partial charge in [0.2, 0.25) is 0 Å². The Kier molecular flexibility index (Phi) is 1.67. The lowest BCUT2D eigenvalue weighted by Crippen LogP contribution is -2.05. The molecule has 1 aliphatic heterocycles. The molecule has 4 rings (SSSR count).